The van der Waals surface area contributed by atoms with Crippen molar-refractivity contribution in [2.75, 3.05) is 33.2 Å². The van der Waals surface area contributed by atoms with Crippen LogP contribution < -0.4 is 20.9 Å². The van der Waals surface area contributed by atoms with Gasteiger partial charge in [0.25, 0.3) is 0 Å². The SMILES string of the molecule is CCOC(=O)CO[C@@H]1[C@H](O)[C@@H](C(OC(c2ccccc2)(c2ccc(OC)cc2)c2ccc(OC)cc2)C(=O)c2ccccc2)O[C@H]1n1ccc(N)nc1=O. The van der Waals surface area contributed by atoms with E-state index in [2.05, 4.69) is 4.98 Å². The summed E-state index contributed by atoms with van der Waals surface area (Å²) in [5.74, 6) is -0.0929. The van der Waals surface area contributed by atoms with Gasteiger partial charge in [-0.25, -0.2) is 9.59 Å². The number of aromatic nitrogens is 2. The molecule has 0 amide bonds. The summed E-state index contributed by atoms with van der Waals surface area (Å²) in [6, 6.07) is 33.6. The normalized spacial score (nSPS) is 18.8. The van der Waals surface area contributed by atoms with Crippen molar-refractivity contribution in [2.24, 2.45) is 0 Å². The molecule has 6 rings (SSSR count). The number of benzene rings is 4. The number of Topliss-reactive ketones (excluding diaryl/α,β-unsaturated/α-hetero) is 1. The van der Waals surface area contributed by atoms with Crippen molar-refractivity contribution in [3.05, 3.63) is 154 Å². The number of carbonyl (C=O) groups is 2. The van der Waals surface area contributed by atoms with Crippen LogP contribution in [0.5, 0.6) is 11.5 Å². The Balaban J connectivity index is 1.56. The number of methoxy groups -OCH3 is 2. The monoisotopic (exact) mass is 735 g/mol. The lowest BCUT2D eigenvalue weighted by Gasteiger charge is -2.40. The van der Waals surface area contributed by atoms with E-state index in [1.807, 2.05) is 54.6 Å². The first-order valence-corrected chi connectivity index (χ1v) is 17.3. The number of esters is 1. The third-order valence-corrected chi connectivity index (χ3v) is 9.17. The van der Waals surface area contributed by atoms with E-state index in [1.165, 1.54) is 12.3 Å². The molecule has 3 N–H and O–H groups in total. The summed E-state index contributed by atoms with van der Waals surface area (Å²) in [5, 5.41) is 12.2. The number of ether oxygens (including phenoxy) is 6. The molecule has 0 radical (unpaired) electrons. The van der Waals surface area contributed by atoms with Gasteiger partial charge in [-0.1, -0.05) is 84.9 Å². The second kappa shape index (κ2) is 16.9. The maximum Gasteiger partial charge on any atom is 0.351 e. The zero-order chi connectivity index (χ0) is 38.2. The fourth-order valence-electron chi connectivity index (χ4n) is 6.57. The molecule has 54 heavy (non-hydrogen) atoms. The minimum absolute atomic E-state index is 0.0394. The maximum atomic E-state index is 14.9. The molecule has 5 atom stereocenters. The molecule has 1 aliphatic rings. The molecule has 1 aliphatic heterocycles. The summed E-state index contributed by atoms with van der Waals surface area (Å²) in [6.45, 7) is 1.16. The van der Waals surface area contributed by atoms with Crippen LogP contribution in [0.1, 0.15) is 40.2 Å². The van der Waals surface area contributed by atoms with Crippen LogP contribution in [0.4, 0.5) is 5.82 Å². The summed E-state index contributed by atoms with van der Waals surface area (Å²) < 4.78 is 36.8. The summed E-state index contributed by atoms with van der Waals surface area (Å²) in [5.41, 5.74) is 5.59. The van der Waals surface area contributed by atoms with Gasteiger partial charge in [-0.05, 0) is 53.9 Å². The third kappa shape index (κ3) is 7.75. The van der Waals surface area contributed by atoms with E-state index in [1.54, 1.807) is 75.7 Å². The van der Waals surface area contributed by atoms with E-state index < -0.39 is 60.3 Å². The fraction of sp³-hybridized carbons (Fsp3) is 0.268. The summed E-state index contributed by atoms with van der Waals surface area (Å²) >= 11 is 0. The largest absolute Gasteiger partial charge is 0.497 e. The van der Waals surface area contributed by atoms with Gasteiger partial charge in [-0.2, -0.15) is 4.98 Å². The molecule has 0 bridgehead atoms. The topological polar surface area (TPSA) is 171 Å². The smallest absolute Gasteiger partial charge is 0.351 e. The number of rotatable bonds is 15. The van der Waals surface area contributed by atoms with Gasteiger partial charge in [0.15, 0.2) is 18.1 Å². The number of nitrogens with zero attached hydrogens (tertiary/aromatic N) is 2. The van der Waals surface area contributed by atoms with Crippen molar-refractivity contribution >= 4 is 17.6 Å². The van der Waals surface area contributed by atoms with Crippen LogP contribution in [-0.2, 0) is 29.3 Å². The number of hydrogen-bond acceptors (Lipinski definition) is 12. The Morgan fingerprint density at radius 1 is 0.852 bits per heavy atom. The molecule has 0 spiro atoms. The maximum absolute atomic E-state index is 14.9. The first kappa shape index (κ1) is 37.9. The summed E-state index contributed by atoms with van der Waals surface area (Å²) in [7, 11) is 3.12. The van der Waals surface area contributed by atoms with E-state index in [0.29, 0.717) is 28.2 Å². The van der Waals surface area contributed by atoms with Crippen molar-refractivity contribution in [1.29, 1.82) is 0 Å². The van der Waals surface area contributed by atoms with Gasteiger partial charge < -0.3 is 39.3 Å². The van der Waals surface area contributed by atoms with Crippen molar-refractivity contribution in [2.45, 2.75) is 43.2 Å². The molecule has 13 nitrogen and oxygen atoms in total. The highest BCUT2D eigenvalue weighted by atomic mass is 16.6. The van der Waals surface area contributed by atoms with Crippen molar-refractivity contribution in [3.8, 4) is 11.5 Å². The molecule has 1 aromatic heterocycles. The average molecular weight is 736 g/mol. The lowest BCUT2D eigenvalue weighted by Crippen LogP contribution is -2.50. The van der Waals surface area contributed by atoms with E-state index in [9.17, 15) is 19.5 Å². The van der Waals surface area contributed by atoms with Gasteiger partial charge in [-0.3, -0.25) is 9.36 Å². The zero-order valence-electron chi connectivity index (χ0n) is 29.9. The minimum Gasteiger partial charge on any atom is -0.497 e. The summed E-state index contributed by atoms with van der Waals surface area (Å²) in [4.78, 5) is 44.4. The highest BCUT2D eigenvalue weighted by Crippen LogP contribution is 2.45. The molecular formula is C41H41N3O10. The Morgan fingerprint density at radius 2 is 1.41 bits per heavy atom. The first-order chi connectivity index (χ1) is 26.2. The Hall–Kier alpha value is -5.86. The molecule has 280 valence electrons. The molecule has 1 unspecified atom stereocenters. The molecule has 1 saturated heterocycles. The second-order valence-electron chi connectivity index (χ2n) is 12.4. The van der Waals surface area contributed by atoms with Crippen molar-refractivity contribution in [1.82, 2.24) is 9.55 Å². The van der Waals surface area contributed by atoms with Crippen LogP contribution >= 0.6 is 0 Å². The van der Waals surface area contributed by atoms with Crippen LogP contribution in [0.3, 0.4) is 0 Å². The molecule has 2 heterocycles. The lowest BCUT2D eigenvalue weighted by atomic mass is 9.79. The number of aliphatic hydroxyl groups is 1. The zero-order valence-corrected chi connectivity index (χ0v) is 29.9. The van der Waals surface area contributed by atoms with Gasteiger partial charge in [0.1, 0.15) is 47.8 Å². The quantitative estimate of drug-likeness (QED) is 0.0889. The molecule has 1 fully saturated rings. The predicted molar refractivity (Wildman–Crippen MR) is 197 cm³/mol. The molecule has 13 heteroatoms. The highest BCUT2D eigenvalue weighted by Gasteiger charge is 2.54. The van der Waals surface area contributed by atoms with E-state index in [4.69, 9.17) is 34.2 Å². The van der Waals surface area contributed by atoms with Gasteiger partial charge in [0.05, 0.1) is 20.8 Å². The van der Waals surface area contributed by atoms with Crippen LogP contribution in [0, 0.1) is 0 Å². The van der Waals surface area contributed by atoms with Crippen LogP contribution in [-0.4, -0.2) is 78.3 Å². The first-order valence-electron chi connectivity index (χ1n) is 17.3. The van der Waals surface area contributed by atoms with Crippen LogP contribution in [0.25, 0.3) is 0 Å². The van der Waals surface area contributed by atoms with Crippen molar-refractivity contribution in [3.63, 3.8) is 0 Å². The standard InChI is InChI=1S/C41H41N3O10/c1-4-51-33(45)25-52-38-35(47)36(53-39(38)44-24-23-32(42)43-40(44)48)37(34(46)26-11-7-5-8-12-26)54-41(27-13-9-6-10-14-27,28-15-19-30(49-2)20-16-28)29-17-21-31(50-3)22-18-29/h5-24,35-39,47H,4,25H2,1-3H3,(H2,42,43,48)/t35-,36+,37?,38-,39-/m1/s1. The number of aliphatic hydroxyl groups excluding tert-OH is 1. The molecule has 4 aromatic carbocycles. The van der Waals surface area contributed by atoms with E-state index in [-0.39, 0.29) is 18.0 Å². The van der Waals surface area contributed by atoms with E-state index >= 15 is 0 Å². The molecule has 0 aliphatic carbocycles. The Morgan fingerprint density at radius 3 is 1.94 bits per heavy atom. The fourth-order valence-corrected chi connectivity index (χ4v) is 6.57. The second-order valence-corrected chi connectivity index (χ2v) is 12.4. The number of carbonyl (C=O) groups excluding carboxylic acids is 2. The Bertz CT molecular complexity index is 2030. The minimum atomic E-state index is -1.63. The van der Waals surface area contributed by atoms with Gasteiger partial charge in [-0.15, -0.1) is 0 Å². The molecule has 5 aromatic rings. The highest BCUT2D eigenvalue weighted by molar-refractivity contribution is 6.00. The van der Waals surface area contributed by atoms with Gasteiger partial charge in [0, 0.05) is 11.8 Å². The predicted octanol–water partition coefficient (Wildman–Crippen LogP) is 4.31. The van der Waals surface area contributed by atoms with Crippen molar-refractivity contribution < 1.29 is 43.1 Å². The lowest BCUT2D eigenvalue weighted by molar-refractivity contribution is -0.155. The number of ketones is 1. The molecule has 0 saturated carbocycles. The molecular weight excluding hydrogens is 694 g/mol. The van der Waals surface area contributed by atoms with Gasteiger partial charge in [0.2, 0.25) is 0 Å². The number of nitrogens with two attached hydrogens (primary N) is 1. The number of nitrogen functional groups attached to an aromatic ring is 1. The Kier molecular flexibility index (Phi) is 11.8. The average Bonchev–Trinajstić information content (AvgIpc) is 3.53. The van der Waals surface area contributed by atoms with E-state index in [0.717, 1.165) is 4.57 Å². The summed E-state index contributed by atoms with van der Waals surface area (Å²) in [6.07, 6.45) is -6.08. The number of hydrogen-bond donors (Lipinski definition) is 2. The van der Waals surface area contributed by atoms with Gasteiger partial charge >= 0.3 is 11.7 Å². The third-order valence-electron chi connectivity index (χ3n) is 9.17. The van der Waals surface area contributed by atoms with Crippen LogP contribution in [0.15, 0.2) is 126 Å². The van der Waals surface area contributed by atoms with Crippen LogP contribution in [0.2, 0.25) is 0 Å². The number of anilines is 1. The Labute approximate surface area is 311 Å².